The van der Waals surface area contributed by atoms with E-state index in [0.717, 1.165) is 4.78 Å². The molecular formula is C14H19Al. The summed E-state index contributed by atoms with van der Waals surface area (Å²) in [7, 11) is 0. The van der Waals surface area contributed by atoms with Gasteiger partial charge in [0.05, 0.1) is 0 Å². The molecule has 15 heavy (non-hydrogen) atoms. The Hall–Kier alpha value is -0.508. The molecule has 0 aromatic heterocycles. The van der Waals surface area contributed by atoms with Crippen molar-refractivity contribution >= 4 is 19.7 Å². The van der Waals surface area contributed by atoms with Crippen LogP contribution < -0.4 is 0 Å². The highest BCUT2D eigenvalue weighted by molar-refractivity contribution is 6.61. The zero-order chi connectivity index (χ0) is 10.8. The van der Waals surface area contributed by atoms with Gasteiger partial charge in [0, 0.05) is 0 Å². The summed E-state index contributed by atoms with van der Waals surface area (Å²) in [6.45, 7) is 6.99. The van der Waals surface area contributed by atoms with Gasteiger partial charge in [0.1, 0.15) is 0 Å². The molecule has 1 aromatic carbocycles. The first kappa shape index (κ1) is 11.0. The van der Waals surface area contributed by atoms with Crippen LogP contribution in [0.3, 0.4) is 0 Å². The summed E-state index contributed by atoms with van der Waals surface area (Å²) in [4.78, 5) is 0. The molecule has 0 heterocycles. The molecule has 0 aliphatic heterocycles. The van der Waals surface area contributed by atoms with E-state index in [1.807, 2.05) is 0 Å². The van der Waals surface area contributed by atoms with E-state index >= 15 is 0 Å². The van der Waals surface area contributed by atoms with Crippen LogP contribution in [0.15, 0.2) is 30.3 Å². The van der Waals surface area contributed by atoms with Crippen LogP contribution in [0.1, 0.15) is 36.7 Å². The lowest BCUT2D eigenvalue weighted by molar-refractivity contribution is 1.13. The number of hydrogen-bond donors (Lipinski definition) is 0. The van der Waals surface area contributed by atoms with E-state index in [0.29, 0.717) is 0 Å². The van der Waals surface area contributed by atoms with Gasteiger partial charge in [0.25, 0.3) is 14.1 Å². The van der Waals surface area contributed by atoms with E-state index in [9.17, 15) is 0 Å². The Kier molecular flexibility index (Phi) is 3.34. The lowest BCUT2D eigenvalue weighted by Gasteiger charge is -2.15. The van der Waals surface area contributed by atoms with Crippen molar-refractivity contribution in [2.75, 3.05) is 0 Å². The Bertz CT molecular complexity index is 375. The second-order valence-electron chi connectivity index (χ2n) is 4.54. The van der Waals surface area contributed by atoms with Crippen molar-refractivity contribution in [3.8, 4) is 0 Å². The van der Waals surface area contributed by atoms with Crippen LogP contribution >= 0.6 is 0 Å². The van der Waals surface area contributed by atoms with Gasteiger partial charge in [-0.05, 0) is 28.4 Å². The summed E-state index contributed by atoms with van der Waals surface area (Å²) in [6.07, 6.45) is 2.52. The molecule has 2 rings (SSSR count). The van der Waals surface area contributed by atoms with Crippen LogP contribution in [-0.4, -0.2) is 14.1 Å². The molecule has 0 N–H and O–H groups in total. The van der Waals surface area contributed by atoms with Crippen molar-refractivity contribution in [1.29, 1.82) is 0 Å². The average molecular weight is 214 g/mol. The molecule has 1 atom stereocenters. The minimum absolute atomic E-state index is 0.597. The minimum atomic E-state index is -0.597. The van der Waals surface area contributed by atoms with Crippen molar-refractivity contribution in [1.82, 2.24) is 0 Å². The third kappa shape index (κ3) is 1.92. The van der Waals surface area contributed by atoms with E-state index in [4.69, 9.17) is 0 Å². The van der Waals surface area contributed by atoms with Gasteiger partial charge in [-0.3, -0.25) is 0 Å². The van der Waals surface area contributed by atoms with Gasteiger partial charge in [0.2, 0.25) is 0 Å². The number of fused-ring (bicyclic) bond motifs is 1. The Morgan fingerprint density at radius 3 is 2.47 bits per heavy atom. The summed E-state index contributed by atoms with van der Waals surface area (Å²) in [5.74, 6) is 0. The molecule has 0 spiro atoms. The van der Waals surface area contributed by atoms with E-state index < -0.39 is 14.1 Å². The van der Waals surface area contributed by atoms with Crippen LogP contribution in [0.25, 0.3) is 5.57 Å². The van der Waals surface area contributed by atoms with Gasteiger partial charge in [0.15, 0.2) is 0 Å². The Morgan fingerprint density at radius 2 is 1.80 bits per heavy atom. The summed E-state index contributed by atoms with van der Waals surface area (Å²) >= 11 is -0.597. The molecule has 0 saturated carbocycles. The quantitative estimate of drug-likeness (QED) is 0.659. The predicted molar refractivity (Wildman–Crippen MR) is 69.6 cm³/mol. The van der Waals surface area contributed by atoms with E-state index in [2.05, 4.69) is 51.1 Å². The first-order chi connectivity index (χ1) is 7.27. The minimum Gasteiger partial charge on any atom is -0.0961 e. The highest BCUT2D eigenvalue weighted by Crippen LogP contribution is 2.38. The van der Waals surface area contributed by atoms with E-state index in [-0.39, 0.29) is 0 Å². The lowest BCUT2D eigenvalue weighted by atomic mass is 10.1. The van der Waals surface area contributed by atoms with Crippen molar-refractivity contribution < 1.29 is 0 Å². The fraction of sp³-hybridized carbons (Fsp3) is 0.429. The monoisotopic (exact) mass is 214 g/mol. The van der Waals surface area contributed by atoms with Crippen LogP contribution in [0, 0.1) is 0 Å². The molecule has 1 aromatic rings. The van der Waals surface area contributed by atoms with E-state index in [1.165, 1.54) is 21.7 Å². The maximum Gasteiger partial charge on any atom is 0.276 e. The van der Waals surface area contributed by atoms with Crippen molar-refractivity contribution in [2.45, 2.75) is 36.1 Å². The van der Waals surface area contributed by atoms with Gasteiger partial charge in [-0.15, -0.1) is 0 Å². The summed E-state index contributed by atoms with van der Waals surface area (Å²) in [5.41, 5.74) is 4.60. The highest BCUT2D eigenvalue weighted by atomic mass is 27.2. The van der Waals surface area contributed by atoms with Gasteiger partial charge in [-0.2, -0.15) is 0 Å². The fourth-order valence-electron chi connectivity index (χ4n) is 2.78. The third-order valence-corrected chi connectivity index (χ3v) is 7.40. The average Bonchev–Trinajstić information content (AvgIpc) is 2.60. The second-order valence-corrected chi connectivity index (χ2v) is 8.41. The largest absolute Gasteiger partial charge is 0.276 e. The topological polar surface area (TPSA) is 0 Å². The normalized spacial score (nSPS) is 18.6. The zero-order valence-corrected chi connectivity index (χ0v) is 11.1. The SMILES string of the molecule is C[CH2][Al]([CH2]C)[CH]1C=C(C)c2ccccc21. The molecule has 0 nitrogen and oxygen atoms in total. The molecule has 1 unspecified atom stereocenters. The smallest absolute Gasteiger partial charge is 0.0961 e. The predicted octanol–water partition coefficient (Wildman–Crippen LogP) is 4.26. The fourth-order valence-corrected chi connectivity index (χ4v) is 5.73. The maximum atomic E-state index is 2.52. The molecule has 0 saturated heterocycles. The number of hydrogen-bond acceptors (Lipinski definition) is 0. The number of allylic oxidation sites excluding steroid dienone is 2. The van der Waals surface area contributed by atoms with Crippen LogP contribution in [0.2, 0.25) is 10.6 Å². The molecule has 0 fully saturated rings. The summed E-state index contributed by atoms with van der Waals surface area (Å²) < 4.78 is 0.802. The van der Waals surface area contributed by atoms with Gasteiger partial charge in [-0.1, -0.05) is 54.8 Å². The summed E-state index contributed by atoms with van der Waals surface area (Å²) in [5, 5.41) is 2.83. The second kappa shape index (κ2) is 4.56. The maximum absolute atomic E-state index is 2.52. The molecule has 0 bridgehead atoms. The Balaban J connectivity index is 2.38. The Morgan fingerprint density at radius 1 is 1.13 bits per heavy atom. The first-order valence-electron chi connectivity index (χ1n) is 6.05. The number of benzene rings is 1. The molecular weight excluding hydrogens is 195 g/mol. The molecule has 1 heteroatoms. The third-order valence-electron chi connectivity index (χ3n) is 3.73. The van der Waals surface area contributed by atoms with Crippen molar-refractivity contribution in [3.05, 3.63) is 41.5 Å². The van der Waals surface area contributed by atoms with Gasteiger partial charge in [-0.25, -0.2) is 0 Å². The molecule has 0 amide bonds. The van der Waals surface area contributed by atoms with Gasteiger partial charge >= 0.3 is 0 Å². The van der Waals surface area contributed by atoms with Gasteiger partial charge < -0.3 is 0 Å². The van der Waals surface area contributed by atoms with Crippen molar-refractivity contribution in [3.63, 3.8) is 0 Å². The molecule has 1 aliphatic carbocycles. The lowest BCUT2D eigenvalue weighted by Crippen LogP contribution is -2.18. The summed E-state index contributed by atoms with van der Waals surface area (Å²) in [6, 6.07) is 8.96. The van der Waals surface area contributed by atoms with Crippen LogP contribution in [0.4, 0.5) is 0 Å². The highest BCUT2D eigenvalue weighted by Gasteiger charge is 2.29. The van der Waals surface area contributed by atoms with Crippen LogP contribution in [-0.2, 0) is 0 Å². The zero-order valence-electron chi connectivity index (χ0n) is 9.96. The Labute approximate surface area is 97.4 Å². The van der Waals surface area contributed by atoms with E-state index in [1.54, 1.807) is 5.56 Å². The molecule has 78 valence electrons. The molecule has 1 aliphatic rings. The van der Waals surface area contributed by atoms with Crippen molar-refractivity contribution in [2.24, 2.45) is 0 Å². The number of rotatable bonds is 3. The molecule has 0 radical (unpaired) electrons. The van der Waals surface area contributed by atoms with Crippen LogP contribution in [0.5, 0.6) is 0 Å². The first-order valence-corrected chi connectivity index (χ1v) is 8.35. The standard InChI is InChI=1S/C10H9.2C2H5.Al/c1-8-6-7-9-4-2-3-5-10(8)9;2*1-2;/h2-7H,1H3;2*1H2,2H3;.